The molecule has 18 heavy (non-hydrogen) atoms. The fraction of sp³-hybridized carbons (Fsp3) is 0.692. The molecule has 0 aromatic carbocycles. The zero-order valence-electron chi connectivity index (χ0n) is 11.1. The predicted octanol–water partition coefficient (Wildman–Crippen LogP) is 2.55. The molecule has 4 nitrogen and oxygen atoms in total. The smallest absolute Gasteiger partial charge is 0.273 e. The minimum absolute atomic E-state index is 0.107. The number of carbonyl (C=O) groups excluding carboxylic acids is 1. The first-order valence-electron chi connectivity index (χ1n) is 6.46. The van der Waals surface area contributed by atoms with Crippen molar-refractivity contribution < 1.29 is 9.90 Å². The molecule has 1 aliphatic carbocycles. The largest absolute Gasteiger partial charge is 0.400 e. The molecule has 0 aliphatic heterocycles. The third kappa shape index (κ3) is 3.78. The second kappa shape index (κ2) is 8.21. The Morgan fingerprint density at radius 2 is 2.11 bits per heavy atom. The average Bonchev–Trinajstić information content (AvgIpc) is 2.97. The summed E-state index contributed by atoms with van der Waals surface area (Å²) in [6.45, 7) is 2.85. The molecule has 1 fully saturated rings. The van der Waals surface area contributed by atoms with E-state index < -0.39 is 0 Å². The summed E-state index contributed by atoms with van der Waals surface area (Å²) in [5.74, 6) is 0.107. The lowest BCUT2D eigenvalue weighted by atomic mass is 9.94. The SMILES string of the molecule is CCN(C(=O)c1cscn1)C1CCCCC1.CO. The highest BCUT2D eigenvalue weighted by atomic mass is 32.1. The van der Waals surface area contributed by atoms with Gasteiger partial charge < -0.3 is 10.0 Å². The third-order valence-electron chi connectivity index (χ3n) is 3.27. The van der Waals surface area contributed by atoms with Crippen LogP contribution in [-0.4, -0.2) is 40.6 Å². The Labute approximate surface area is 113 Å². The van der Waals surface area contributed by atoms with Crippen LogP contribution in [0.1, 0.15) is 49.5 Å². The second-order valence-electron chi connectivity index (χ2n) is 4.26. The van der Waals surface area contributed by atoms with E-state index in [0.29, 0.717) is 11.7 Å². The van der Waals surface area contributed by atoms with E-state index in [4.69, 9.17) is 5.11 Å². The van der Waals surface area contributed by atoms with Crippen molar-refractivity contribution in [2.45, 2.75) is 45.1 Å². The topological polar surface area (TPSA) is 53.4 Å². The molecular formula is C13H22N2O2S. The summed E-state index contributed by atoms with van der Waals surface area (Å²) < 4.78 is 0. The molecule has 1 saturated carbocycles. The van der Waals surface area contributed by atoms with Gasteiger partial charge in [-0.1, -0.05) is 19.3 Å². The minimum atomic E-state index is 0.107. The van der Waals surface area contributed by atoms with Gasteiger partial charge in [-0.25, -0.2) is 4.98 Å². The molecule has 1 aromatic heterocycles. The number of nitrogens with zero attached hydrogens (tertiary/aromatic N) is 2. The highest BCUT2D eigenvalue weighted by Gasteiger charge is 2.25. The zero-order valence-corrected chi connectivity index (χ0v) is 11.9. The summed E-state index contributed by atoms with van der Waals surface area (Å²) in [5.41, 5.74) is 2.33. The van der Waals surface area contributed by atoms with Crippen molar-refractivity contribution in [3.05, 3.63) is 16.6 Å². The van der Waals surface area contributed by atoms with Gasteiger partial charge in [-0.05, 0) is 19.8 Å². The van der Waals surface area contributed by atoms with E-state index in [1.807, 2.05) is 10.3 Å². The Kier molecular flexibility index (Phi) is 6.90. The molecule has 0 spiro atoms. The Balaban J connectivity index is 0.000000771. The van der Waals surface area contributed by atoms with Gasteiger partial charge in [0.1, 0.15) is 5.69 Å². The van der Waals surface area contributed by atoms with Gasteiger partial charge in [0, 0.05) is 25.1 Å². The summed E-state index contributed by atoms with van der Waals surface area (Å²) in [6, 6.07) is 0.438. The van der Waals surface area contributed by atoms with Crippen LogP contribution in [0, 0.1) is 0 Å². The minimum Gasteiger partial charge on any atom is -0.400 e. The number of hydrogen-bond donors (Lipinski definition) is 1. The summed E-state index contributed by atoms with van der Waals surface area (Å²) in [4.78, 5) is 18.3. The zero-order chi connectivity index (χ0) is 13.4. The molecule has 102 valence electrons. The van der Waals surface area contributed by atoms with E-state index in [0.717, 1.165) is 26.5 Å². The van der Waals surface area contributed by atoms with E-state index in [9.17, 15) is 4.79 Å². The molecule has 0 atom stereocenters. The van der Waals surface area contributed by atoms with Crippen molar-refractivity contribution in [2.75, 3.05) is 13.7 Å². The molecule has 5 heteroatoms. The lowest BCUT2D eigenvalue weighted by Gasteiger charge is -2.33. The van der Waals surface area contributed by atoms with Gasteiger partial charge in [-0.3, -0.25) is 4.79 Å². The van der Waals surface area contributed by atoms with Crippen molar-refractivity contribution >= 4 is 17.2 Å². The number of amides is 1. The van der Waals surface area contributed by atoms with E-state index in [2.05, 4.69) is 11.9 Å². The van der Waals surface area contributed by atoms with Gasteiger partial charge in [0.25, 0.3) is 5.91 Å². The van der Waals surface area contributed by atoms with Crippen LogP contribution in [0.2, 0.25) is 0 Å². The molecule has 0 bridgehead atoms. The van der Waals surface area contributed by atoms with Crippen molar-refractivity contribution in [3.8, 4) is 0 Å². The molecule has 0 unspecified atom stereocenters. The van der Waals surface area contributed by atoms with Crippen LogP contribution in [0.25, 0.3) is 0 Å². The summed E-state index contributed by atoms with van der Waals surface area (Å²) in [7, 11) is 1.00. The van der Waals surface area contributed by atoms with E-state index in [1.54, 1.807) is 5.51 Å². The average molecular weight is 270 g/mol. The van der Waals surface area contributed by atoms with Gasteiger partial charge in [-0.2, -0.15) is 0 Å². The van der Waals surface area contributed by atoms with E-state index in [-0.39, 0.29) is 5.91 Å². The number of aliphatic hydroxyl groups is 1. The molecule has 1 amide bonds. The highest BCUT2D eigenvalue weighted by molar-refractivity contribution is 7.07. The van der Waals surface area contributed by atoms with E-state index in [1.165, 1.54) is 30.6 Å². The number of thiazole rings is 1. The van der Waals surface area contributed by atoms with Crippen molar-refractivity contribution in [2.24, 2.45) is 0 Å². The van der Waals surface area contributed by atoms with Crippen LogP contribution in [0.3, 0.4) is 0 Å². The standard InChI is InChI=1S/C12H18N2OS.CH4O/c1-2-14(10-6-4-3-5-7-10)12(15)11-8-16-9-13-11;1-2/h8-10H,2-7H2,1H3;2H,1H3. The first kappa shape index (κ1) is 15.1. The van der Waals surface area contributed by atoms with Gasteiger partial charge >= 0.3 is 0 Å². The molecule has 1 N–H and O–H groups in total. The molecule has 0 radical (unpaired) electrons. The normalized spacial score (nSPS) is 15.7. The summed E-state index contributed by atoms with van der Waals surface area (Å²) >= 11 is 1.48. The fourth-order valence-corrected chi connectivity index (χ4v) is 2.95. The number of hydrogen-bond acceptors (Lipinski definition) is 4. The van der Waals surface area contributed by atoms with Gasteiger partial charge in [0.2, 0.25) is 0 Å². The highest BCUT2D eigenvalue weighted by Crippen LogP contribution is 2.23. The van der Waals surface area contributed by atoms with Gasteiger partial charge in [0.15, 0.2) is 0 Å². The Hall–Kier alpha value is -0.940. The van der Waals surface area contributed by atoms with Crippen LogP contribution in [0.15, 0.2) is 10.9 Å². The number of aromatic nitrogens is 1. The number of aliphatic hydroxyl groups excluding tert-OH is 1. The Bertz CT molecular complexity index is 335. The van der Waals surface area contributed by atoms with Crippen LogP contribution in [0.4, 0.5) is 0 Å². The Morgan fingerprint density at radius 1 is 1.44 bits per heavy atom. The maximum Gasteiger partial charge on any atom is 0.273 e. The van der Waals surface area contributed by atoms with Crippen LogP contribution in [-0.2, 0) is 0 Å². The van der Waals surface area contributed by atoms with E-state index >= 15 is 0 Å². The van der Waals surface area contributed by atoms with Crippen LogP contribution >= 0.6 is 11.3 Å². The quantitative estimate of drug-likeness (QED) is 0.918. The molecule has 1 aliphatic rings. The maximum absolute atomic E-state index is 12.2. The van der Waals surface area contributed by atoms with Crippen LogP contribution < -0.4 is 0 Å². The number of rotatable bonds is 3. The first-order valence-corrected chi connectivity index (χ1v) is 7.41. The Morgan fingerprint density at radius 3 is 2.61 bits per heavy atom. The summed E-state index contributed by atoms with van der Waals surface area (Å²) in [5, 5.41) is 8.84. The second-order valence-corrected chi connectivity index (χ2v) is 4.98. The van der Waals surface area contributed by atoms with Crippen molar-refractivity contribution in [3.63, 3.8) is 0 Å². The monoisotopic (exact) mass is 270 g/mol. The van der Waals surface area contributed by atoms with Gasteiger partial charge in [-0.15, -0.1) is 11.3 Å². The van der Waals surface area contributed by atoms with Gasteiger partial charge in [0.05, 0.1) is 5.51 Å². The molecule has 2 rings (SSSR count). The van der Waals surface area contributed by atoms with Crippen molar-refractivity contribution in [1.29, 1.82) is 0 Å². The maximum atomic E-state index is 12.2. The molecule has 1 aromatic rings. The fourth-order valence-electron chi connectivity index (χ4n) is 2.43. The predicted molar refractivity (Wildman–Crippen MR) is 73.8 cm³/mol. The number of carbonyl (C=O) groups is 1. The molecular weight excluding hydrogens is 248 g/mol. The molecule has 1 heterocycles. The lowest BCUT2D eigenvalue weighted by Crippen LogP contribution is -2.41. The summed E-state index contributed by atoms with van der Waals surface area (Å²) in [6.07, 6.45) is 6.14. The molecule has 0 saturated heterocycles. The van der Waals surface area contributed by atoms with Crippen molar-refractivity contribution in [1.82, 2.24) is 9.88 Å². The third-order valence-corrected chi connectivity index (χ3v) is 3.85. The van der Waals surface area contributed by atoms with Crippen LogP contribution in [0.5, 0.6) is 0 Å². The first-order chi connectivity index (χ1) is 8.83. The lowest BCUT2D eigenvalue weighted by molar-refractivity contribution is 0.0642.